The van der Waals surface area contributed by atoms with Crippen molar-refractivity contribution in [1.29, 1.82) is 0 Å². The van der Waals surface area contributed by atoms with E-state index in [2.05, 4.69) is 65.1 Å². The van der Waals surface area contributed by atoms with Crippen molar-refractivity contribution in [3.8, 4) is 5.69 Å². The maximum atomic E-state index is 3.87. The topological polar surface area (TPSA) is 38.9 Å². The molecule has 5 nitrogen and oxygen atoms in total. The lowest BCUT2D eigenvalue weighted by Gasteiger charge is -2.11. The van der Waals surface area contributed by atoms with Gasteiger partial charge in [0.2, 0.25) is 0 Å². The zero-order valence-corrected chi connectivity index (χ0v) is 14.6. The van der Waals surface area contributed by atoms with Gasteiger partial charge in [0, 0.05) is 24.7 Å². The summed E-state index contributed by atoms with van der Waals surface area (Å²) in [5.74, 6) is 0. The molecule has 0 bridgehead atoms. The van der Waals surface area contributed by atoms with E-state index in [1.54, 1.807) is 12.7 Å². The van der Waals surface area contributed by atoms with Crippen LogP contribution in [0, 0.1) is 6.92 Å². The highest BCUT2D eigenvalue weighted by atomic mass is 35.5. The molecule has 0 atom stereocenters. The van der Waals surface area contributed by atoms with E-state index < -0.39 is 0 Å². The number of rotatable bonds is 4. The molecule has 0 unspecified atom stereocenters. The van der Waals surface area contributed by atoms with E-state index in [0.717, 1.165) is 18.8 Å². The van der Waals surface area contributed by atoms with Crippen LogP contribution in [0.3, 0.4) is 0 Å². The van der Waals surface area contributed by atoms with Crippen LogP contribution in [0.4, 0.5) is 0 Å². The van der Waals surface area contributed by atoms with Crippen LogP contribution in [-0.2, 0) is 6.54 Å². The normalized spacial score (nSPS) is 10.5. The van der Waals surface area contributed by atoms with Crippen molar-refractivity contribution < 1.29 is 0 Å². The molecule has 0 aliphatic carbocycles. The van der Waals surface area contributed by atoms with Gasteiger partial charge in [-0.25, -0.2) is 0 Å². The van der Waals surface area contributed by atoms with Crippen LogP contribution in [0.25, 0.3) is 16.6 Å². The van der Waals surface area contributed by atoms with Crippen molar-refractivity contribution in [1.82, 2.24) is 24.2 Å². The van der Waals surface area contributed by atoms with E-state index in [1.807, 2.05) is 4.57 Å². The number of aromatic nitrogens is 4. The van der Waals surface area contributed by atoms with Gasteiger partial charge in [0.25, 0.3) is 0 Å². The Hall–Kier alpha value is -1.56. The number of hydrogen-bond acceptors (Lipinski definition) is 3. The van der Waals surface area contributed by atoms with Crippen molar-refractivity contribution in [3.05, 3.63) is 42.6 Å². The monoisotopic (exact) mass is 341 g/mol. The van der Waals surface area contributed by atoms with Gasteiger partial charge < -0.3 is 9.47 Å². The molecule has 120 valence electrons. The van der Waals surface area contributed by atoms with Crippen LogP contribution < -0.4 is 0 Å². The second-order valence-electron chi connectivity index (χ2n) is 5.38. The Morgan fingerprint density at radius 3 is 2.41 bits per heavy atom. The summed E-state index contributed by atoms with van der Waals surface area (Å²) in [5.41, 5.74) is 3.66. The van der Waals surface area contributed by atoms with Gasteiger partial charge in [0.15, 0.2) is 0 Å². The average molecular weight is 342 g/mol. The van der Waals surface area contributed by atoms with Gasteiger partial charge in [-0.15, -0.1) is 35.0 Å². The lowest BCUT2D eigenvalue weighted by Crippen LogP contribution is -2.17. The van der Waals surface area contributed by atoms with Crippen molar-refractivity contribution in [3.63, 3.8) is 0 Å². The van der Waals surface area contributed by atoms with Gasteiger partial charge >= 0.3 is 0 Å². The summed E-state index contributed by atoms with van der Waals surface area (Å²) < 4.78 is 4.25. The predicted octanol–water partition coefficient (Wildman–Crippen LogP) is 2.94. The fourth-order valence-corrected chi connectivity index (χ4v) is 2.45. The Labute approximate surface area is 142 Å². The molecule has 0 N–H and O–H groups in total. The summed E-state index contributed by atoms with van der Waals surface area (Å²) in [7, 11) is 4.20. The third kappa shape index (κ3) is 3.61. The molecule has 0 radical (unpaired) electrons. The molecule has 3 rings (SSSR count). The van der Waals surface area contributed by atoms with Gasteiger partial charge in [0.05, 0.1) is 11.2 Å². The molecule has 1 aromatic carbocycles. The SMILES string of the molecule is Cc1cn(CCN(C)C)c2cc(-n3cnnc3)ccc12.Cl.Cl. The zero-order chi connectivity index (χ0) is 14.1. The van der Waals surface area contributed by atoms with Gasteiger partial charge in [-0.2, -0.15) is 0 Å². The molecule has 0 saturated heterocycles. The second-order valence-corrected chi connectivity index (χ2v) is 5.38. The largest absolute Gasteiger partial charge is 0.346 e. The lowest BCUT2D eigenvalue weighted by atomic mass is 10.2. The molecular formula is C15H21Cl2N5. The van der Waals surface area contributed by atoms with E-state index >= 15 is 0 Å². The standard InChI is InChI=1S/C15H19N5.2ClH/c1-12-9-19(7-6-18(2)3)15-8-13(4-5-14(12)15)20-10-16-17-11-20;;/h4-5,8-11H,6-7H2,1-3H3;2*1H. The van der Waals surface area contributed by atoms with Crippen LogP contribution in [0.5, 0.6) is 0 Å². The first kappa shape index (κ1) is 18.5. The highest BCUT2D eigenvalue weighted by Gasteiger charge is 2.07. The van der Waals surface area contributed by atoms with Gasteiger partial charge in [-0.1, -0.05) is 6.07 Å². The van der Waals surface area contributed by atoms with Crippen LogP contribution in [0.2, 0.25) is 0 Å². The number of benzene rings is 1. The molecule has 2 heterocycles. The van der Waals surface area contributed by atoms with Crippen molar-refractivity contribution >= 4 is 35.7 Å². The minimum absolute atomic E-state index is 0. The third-order valence-electron chi connectivity index (χ3n) is 3.57. The quantitative estimate of drug-likeness (QED) is 0.732. The first-order chi connectivity index (χ1) is 9.65. The molecular weight excluding hydrogens is 321 g/mol. The minimum atomic E-state index is 0. The number of nitrogens with zero attached hydrogens (tertiary/aromatic N) is 5. The van der Waals surface area contributed by atoms with Crippen LogP contribution >= 0.6 is 24.8 Å². The van der Waals surface area contributed by atoms with Crippen molar-refractivity contribution in [2.45, 2.75) is 13.5 Å². The Balaban J connectivity index is 0.00000121. The van der Waals surface area contributed by atoms with E-state index in [-0.39, 0.29) is 24.8 Å². The number of fused-ring (bicyclic) bond motifs is 1. The van der Waals surface area contributed by atoms with Gasteiger partial charge in [0.1, 0.15) is 12.7 Å². The van der Waals surface area contributed by atoms with Crippen molar-refractivity contribution in [2.75, 3.05) is 20.6 Å². The van der Waals surface area contributed by atoms with E-state index in [1.165, 1.54) is 16.5 Å². The lowest BCUT2D eigenvalue weighted by molar-refractivity contribution is 0.387. The molecule has 0 aliphatic rings. The fraction of sp³-hybridized carbons (Fsp3) is 0.333. The summed E-state index contributed by atoms with van der Waals surface area (Å²) in [6.45, 7) is 4.18. The molecule has 2 aromatic heterocycles. The molecule has 0 aliphatic heterocycles. The minimum Gasteiger partial charge on any atom is -0.346 e. The third-order valence-corrected chi connectivity index (χ3v) is 3.57. The number of likely N-dealkylation sites (N-methyl/N-ethyl adjacent to an activating group) is 1. The highest BCUT2D eigenvalue weighted by Crippen LogP contribution is 2.23. The highest BCUT2D eigenvalue weighted by molar-refractivity contribution is 5.86. The van der Waals surface area contributed by atoms with E-state index in [0.29, 0.717) is 0 Å². The van der Waals surface area contributed by atoms with E-state index in [9.17, 15) is 0 Å². The van der Waals surface area contributed by atoms with Crippen LogP contribution in [0.15, 0.2) is 37.1 Å². The number of aryl methyl sites for hydroxylation is 1. The average Bonchev–Trinajstić information content (AvgIpc) is 3.05. The number of halogens is 2. The van der Waals surface area contributed by atoms with Gasteiger partial charge in [-0.3, -0.25) is 4.57 Å². The number of hydrogen-bond donors (Lipinski definition) is 0. The second kappa shape index (κ2) is 7.63. The Kier molecular flexibility index (Phi) is 6.41. The summed E-state index contributed by atoms with van der Waals surface area (Å²) in [6, 6.07) is 6.47. The Bertz CT molecular complexity index is 719. The Morgan fingerprint density at radius 2 is 1.77 bits per heavy atom. The smallest absolute Gasteiger partial charge is 0.123 e. The zero-order valence-electron chi connectivity index (χ0n) is 12.9. The molecule has 0 spiro atoms. The summed E-state index contributed by atoms with van der Waals surface area (Å²) in [6.07, 6.45) is 5.67. The molecule has 7 heteroatoms. The van der Waals surface area contributed by atoms with Crippen LogP contribution in [-0.4, -0.2) is 44.9 Å². The maximum Gasteiger partial charge on any atom is 0.123 e. The first-order valence-corrected chi connectivity index (χ1v) is 6.74. The van der Waals surface area contributed by atoms with Crippen molar-refractivity contribution in [2.24, 2.45) is 0 Å². The summed E-state index contributed by atoms with van der Waals surface area (Å²) in [5, 5.41) is 9.04. The molecule has 0 saturated carbocycles. The van der Waals surface area contributed by atoms with E-state index in [4.69, 9.17) is 0 Å². The first-order valence-electron chi connectivity index (χ1n) is 6.74. The van der Waals surface area contributed by atoms with Gasteiger partial charge in [-0.05, 0) is 38.7 Å². The van der Waals surface area contributed by atoms with Crippen LogP contribution in [0.1, 0.15) is 5.56 Å². The molecule has 0 amide bonds. The summed E-state index contributed by atoms with van der Waals surface area (Å²) >= 11 is 0. The maximum absolute atomic E-state index is 3.87. The predicted molar refractivity (Wildman–Crippen MR) is 94.6 cm³/mol. The molecule has 22 heavy (non-hydrogen) atoms. The summed E-state index contributed by atoms with van der Waals surface area (Å²) in [4.78, 5) is 2.20. The fourth-order valence-electron chi connectivity index (χ4n) is 2.45. The Morgan fingerprint density at radius 1 is 1.09 bits per heavy atom. The molecule has 0 fully saturated rings. The molecule has 3 aromatic rings.